The summed E-state index contributed by atoms with van der Waals surface area (Å²) in [6.07, 6.45) is 0. The first-order valence-electron chi connectivity index (χ1n) is 6.13. The molecular formula is C15H16FNO2S. The smallest absolute Gasteiger partial charge is 0.124 e. The molecule has 3 nitrogen and oxygen atoms in total. The highest BCUT2D eigenvalue weighted by Gasteiger charge is 2.12. The average Bonchev–Trinajstić information content (AvgIpc) is 2.47. The topological polar surface area (TPSA) is 52.3 Å². The lowest BCUT2D eigenvalue weighted by Gasteiger charge is -2.12. The second kappa shape index (κ2) is 6.63. The number of methoxy groups -OCH3 is 1. The summed E-state index contributed by atoms with van der Waals surface area (Å²) in [5.41, 5.74) is 6.91. The summed E-state index contributed by atoms with van der Waals surface area (Å²) in [7, 11) is 0.264. The molecule has 106 valence electrons. The van der Waals surface area contributed by atoms with Crippen LogP contribution in [-0.2, 0) is 10.8 Å². The monoisotopic (exact) mass is 293 g/mol. The van der Waals surface area contributed by atoms with Crippen molar-refractivity contribution in [1.29, 1.82) is 0 Å². The van der Waals surface area contributed by atoms with E-state index < -0.39 is 16.6 Å². The van der Waals surface area contributed by atoms with Crippen molar-refractivity contribution in [1.82, 2.24) is 0 Å². The van der Waals surface area contributed by atoms with Crippen LogP contribution in [0, 0.1) is 5.82 Å². The fourth-order valence-electron chi connectivity index (χ4n) is 1.82. The summed E-state index contributed by atoms with van der Waals surface area (Å²) in [6, 6.07) is 12.7. The minimum atomic E-state index is -1.33. The predicted octanol–water partition coefficient (Wildman–Crippen LogP) is 2.64. The lowest BCUT2D eigenvalue weighted by atomic mass is 10.1. The number of rotatable bonds is 5. The molecule has 0 bridgehead atoms. The third-order valence-corrected chi connectivity index (χ3v) is 4.38. The third-order valence-electron chi connectivity index (χ3n) is 2.93. The van der Waals surface area contributed by atoms with Crippen molar-refractivity contribution in [3.8, 4) is 5.75 Å². The van der Waals surface area contributed by atoms with Crippen LogP contribution in [0.2, 0.25) is 0 Å². The van der Waals surface area contributed by atoms with Crippen molar-refractivity contribution >= 4 is 10.8 Å². The Bertz CT molecular complexity index is 601. The van der Waals surface area contributed by atoms with Crippen molar-refractivity contribution in [3.05, 3.63) is 59.9 Å². The Morgan fingerprint density at radius 1 is 1.25 bits per heavy atom. The molecule has 2 unspecified atom stereocenters. The minimum Gasteiger partial charge on any atom is -0.497 e. The van der Waals surface area contributed by atoms with E-state index in [1.54, 1.807) is 31.4 Å². The second-order valence-electron chi connectivity index (χ2n) is 4.35. The van der Waals surface area contributed by atoms with Crippen LogP contribution in [0.3, 0.4) is 0 Å². The summed E-state index contributed by atoms with van der Waals surface area (Å²) in [6.45, 7) is 0. The molecule has 2 atom stereocenters. The van der Waals surface area contributed by atoms with E-state index in [2.05, 4.69) is 0 Å². The van der Waals surface area contributed by atoms with E-state index in [9.17, 15) is 8.60 Å². The molecule has 0 aliphatic heterocycles. The van der Waals surface area contributed by atoms with Gasteiger partial charge in [0.15, 0.2) is 0 Å². The van der Waals surface area contributed by atoms with Gasteiger partial charge in [0.2, 0.25) is 0 Å². The molecule has 0 radical (unpaired) electrons. The average molecular weight is 293 g/mol. The summed E-state index contributed by atoms with van der Waals surface area (Å²) >= 11 is 0. The molecule has 0 saturated carbocycles. The number of halogens is 1. The summed E-state index contributed by atoms with van der Waals surface area (Å²) < 4.78 is 30.3. The Hall–Kier alpha value is -1.72. The second-order valence-corrected chi connectivity index (χ2v) is 5.84. The molecule has 0 aromatic heterocycles. The van der Waals surface area contributed by atoms with Crippen molar-refractivity contribution in [2.75, 3.05) is 12.9 Å². The molecular weight excluding hydrogens is 277 g/mol. The molecule has 0 heterocycles. The number of hydrogen-bond acceptors (Lipinski definition) is 3. The molecule has 0 spiro atoms. The Balaban J connectivity index is 2.06. The molecule has 0 amide bonds. The van der Waals surface area contributed by atoms with Crippen LogP contribution in [0.1, 0.15) is 11.6 Å². The summed E-state index contributed by atoms with van der Waals surface area (Å²) in [4.78, 5) is 0.453. The molecule has 2 N–H and O–H groups in total. The van der Waals surface area contributed by atoms with Gasteiger partial charge < -0.3 is 10.5 Å². The summed E-state index contributed by atoms with van der Waals surface area (Å²) in [5, 5.41) is 0. The number of benzene rings is 2. The molecule has 2 rings (SSSR count). The van der Waals surface area contributed by atoms with E-state index in [-0.39, 0.29) is 11.8 Å². The molecule has 0 saturated heterocycles. The molecule has 0 aliphatic rings. The van der Waals surface area contributed by atoms with Gasteiger partial charge in [0.05, 0.1) is 17.9 Å². The third kappa shape index (κ3) is 3.65. The van der Waals surface area contributed by atoms with Crippen molar-refractivity contribution < 1.29 is 13.3 Å². The quantitative estimate of drug-likeness (QED) is 0.922. The highest BCUT2D eigenvalue weighted by Crippen LogP contribution is 2.19. The van der Waals surface area contributed by atoms with Crippen LogP contribution < -0.4 is 10.5 Å². The molecule has 2 aromatic rings. The highest BCUT2D eigenvalue weighted by molar-refractivity contribution is 7.85. The zero-order valence-electron chi connectivity index (χ0n) is 11.1. The largest absolute Gasteiger partial charge is 0.497 e. The van der Waals surface area contributed by atoms with Gasteiger partial charge in [0, 0.05) is 16.7 Å². The SMILES string of the molecule is COc1ccc(C(N)CS(=O)c2cccc(F)c2)cc1. The Labute approximate surface area is 120 Å². The minimum absolute atomic E-state index is 0.246. The Morgan fingerprint density at radius 3 is 2.55 bits per heavy atom. The lowest BCUT2D eigenvalue weighted by molar-refractivity contribution is 0.414. The predicted molar refractivity (Wildman–Crippen MR) is 77.6 cm³/mol. The van der Waals surface area contributed by atoms with Gasteiger partial charge in [0.25, 0.3) is 0 Å². The Morgan fingerprint density at radius 2 is 1.95 bits per heavy atom. The van der Waals surface area contributed by atoms with E-state index in [4.69, 9.17) is 10.5 Å². The molecule has 0 aliphatic carbocycles. The van der Waals surface area contributed by atoms with Crippen LogP contribution in [0.4, 0.5) is 4.39 Å². The van der Waals surface area contributed by atoms with E-state index in [1.165, 1.54) is 12.1 Å². The zero-order chi connectivity index (χ0) is 14.5. The molecule has 20 heavy (non-hydrogen) atoms. The van der Waals surface area contributed by atoms with Crippen molar-refractivity contribution in [2.45, 2.75) is 10.9 Å². The van der Waals surface area contributed by atoms with Gasteiger partial charge in [-0.1, -0.05) is 18.2 Å². The first-order chi connectivity index (χ1) is 9.60. The van der Waals surface area contributed by atoms with Crippen molar-refractivity contribution in [3.63, 3.8) is 0 Å². The highest BCUT2D eigenvalue weighted by atomic mass is 32.2. The maximum absolute atomic E-state index is 13.1. The van der Waals surface area contributed by atoms with E-state index >= 15 is 0 Å². The van der Waals surface area contributed by atoms with Gasteiger partial charge in [-0.3, -0.25) is 4.21 Å². The fraction of sp³-hybridized carbons (Fsp3) is 0.200. The number of ether oxygens (including phenoxy) is 1. The first-order valence-corrected chi connectivity index (χ1v) is 7.45. The maximum atomic E-state index is 13.1. The van der Waals surface area contributed by atoms with Crippen LogP contribution in [0.25, 0.3) is 0 Å². The number of hydrogen-bond donors (Lipinski definition) is 1. The molecule has 0 fully saturated rings. The van der Waals surface area contributed by atoms with Gasteiger partial charge in [-0.05, 0) is 35.9 Å². The van der Waals surface area contributed by atoms with Gasteiger partial charge in [-0.25, -0.2) is 4.39 Å². The van der Waals surface area contributed by atoms with Crippen LogP contribution >= 0.6 is 0 Å². The van der Waals surface area contributed by atoms with Gasteiger partial charge in [0.1, 0.15) is 11.6 Å². The number of nitrogens with two attached hydrogens (primary N) is 1. The lowest BCUT2D eigenvalue weighted by Crippen LogP contribution is -2.18. The van der Waals surface area contributed by atoms with Crippen molar-refractivity contribution in [2.24, 2.45) is 5.73 Å². The molecule has 2 aromatic carbocycles. The van der Waals surface area contributed by atoms with Gasteiger partial charge in [-0.2, -0.15) is 0 Å². The van der Waals surface area contributed by atoms with Crippen LogP contribution in [-0.4, -0.2) is 17.1 Å². The van der Waals surface area contributed by atoms with Crippen LogP contribution in [0.15, 0.2) is 53.4 Å². The van der Waals surface area contributed by atoms with Gasteiger partial charge in [-0.15, -0.1) is 0 Å². The normalized spacial score (nSPS) is 13.8. The van der Waals surface area contributed by atoms with E-state index in [1.807, 2.05) is 12.1 Å². The summed E-state index contributed by atoms with van der Waals surface area (Å²) in [5.74, 6) is 0.594. The maximum Gasteiger partial charge on any atom is 0.124 e. The van der Waals surface area contributed by atoms with Crippen LogP contribution in [0.5, 0.6) is 5.75 Å². The van der Waals surface area contributed by atoms with E-state index in [0.717, 1.165) is 11.3 Å². The Kier molecular flexibility index (Phi) is 4.87. The standard InChI is InChI=1S/C15H16FNO2S/c1-19-13-7-5-11(6-8-13)15(17)10-20(18)14-4-2-3-12(16)9-14/h2-9,15H,10,17H2,1H3. The first kappa shape index (κ1) is 14.7. The zero-order valence-corrected chi connectivity index (χ0v) is 11.9. The molecule has 5 heteroatoms. The van der Waals surface area contributed by atoms with E-state index in [0.29, 0.717) is 4.90 Å². The fourth-order valence-corrected chi connectivity index (χ4v) is 3.00. The van der Waals surface area contributed by atoms with Gasteiger partial charge >= 0.3 is 0 Å².